The third-order valence-corrected chi connectivity index (χ3v) is 3.21. The molecule has 0 bridgehead atoms. The Morgan fingerprint density at radius 1 is 1.39 bits per heavy atom. The smallest absolute Gasteiger partial charge is 0.303 e. The highest BCUT2D eigenvalue weighted by Crippen LogP contribution is 2.19. The maximum absolute atomic E-state index is 11.6. The number of hydrogen-bond acceptors (Lipinski definition) is 2. The van der Waals surface area contributed by atoms with E-state index in [0.29, 0.717) is 13.0 Å². The molecule has 0 saturated heterocycles. The van der Waals surface area contributed by atoms with Crippen LogP contribution in [0.3, 0.4) is 0 Å². The van der Waals surface area contributed by atoms with Crippen LogP contribution in [0.4, 0.5) is 0 Å². The Bertz CT molecular complexity index is 323. The van der Waals surface area contributed by atoms with Crippen molar-refractivity contribution in [1.29, 1.82) is 0 Å². The molecule has 1 rings (SSSR count). The Hall–Kier alpha value is -1.32. The number of nitrogens with one attached hydrogen (secondary N) is 1. The molecule has 0 spiro atoms. The number of carbonyl (C=O) groups is 2. The molecule has 1 atom stereocenters. The number of allylic oxidation sites excluding steroid dienone is 1. The van der Waals surface area contributed by atoms with E-state index in [-0.39, 0.29) is 18.2 Å². The van der Waals surface area contributed by atoms with E-state index < -0.39 is 5.97 Å². The van der Waals surface area contributed by atoms with Crippen molar-refractivity contribution in [3.63, 3.8) is 0 Å². The monoisotopic (exact) mass is 253 g/mol. The quantitative estimate of drug-likeness (QED) is 0.685. The van der Waals surface area contributed by atoms with Crippen LogP contribution >= 0.6 is 0 Å². The van der Waals surface area contributed by atoms with Crippen molar-refractivity contribution < 1.29 is 14.7 Å². The molecule has 0 aromatic carbocycles. The molecule has 1 amide bonds. The number of carboxylic acid groups (broad SMARTS) is 1. The average Bonchev–Trinajstić information content (AvgIpc) is 2.29. The molecule has 0 aromatic heterocycles. The summed E-state index contributed by atoms with van der Waals surface area (Å²) in [6.07, 6.45) is 8.42. The minimum absolute atomic E-state index is 0.0415. The highest BCUT2D eigenvalue weighted by molar-refractivity contribution is 5.77. The van der Waals surface area contributed by atoms with E-state index in [1.54, 1.807) is 6.92 Å². The van der Waals surface area contributed by atoms with Gasteiger partial charge in [-0.15, -0.1) is 0 Å². The largest absolute Gasteiger partial charge is 0.481 e. The Morgan fingerprint density at radius 2 is 2.17 bits per heavy atom. The van der Waals surface area contributed by atoms with E-state index in [1.807, 2.05) is 0 Å². The van der Waals surface area contributed by atoms with Crippen LogP contribution in [0.5, 0.6) is 0 Å². The number of carboxylic acids is 1. The summed E-state index contributed by atoms with van der Waals surface area (Å²) in [6.45, 7) is 2.46. The summed E-state index contributed by atoms with van der Waals surface area (Å²) in [5.74, 6) is -0.987. The minimum atomic E-state index is -0.845. The van der Waals surface area contributed by atoms with Crippen LogP contribution in [0.1, 0.15) is 51.9 Å². The number of rotatable bonds is 7. The topological polar surface area (TPSA) is 66.4 Å². The molecule has 1 aliphatic carbocycles. The summed E-state index contributed by atoms with van der Waals surface area (Å²) >= 11 is 0. The molecule has 0 heterocycles. The second-order valence-electron chi connectivity index (χ2n) is 5.12. The van der Waals surface area contributed by atoms with Crippen LogP contribution in [0, 0.1) is 5.92 Å². The first-order valence-electron chi connectivity index (χ1n) is 6.74. The first kappa shape index (κ1) is 14.7. The van der Waals surface area contributed by atoms with Crippen molar-refractivity contribution in [3.05, 3.63) is 11.6 Å². The van der Waals surface area contributed by atoms with Crippen LogP contribution in [-0.4, -0.2) is 23.5 Å². The third kappa shape index (κ3) is 6.42. The molecule has 0 saturated carbocycles. The molecule has 0 aliphatic heterocycles. The summed E-state index contributed by atoms with van der Waals surface area (Å²) in [6, 6.07) is 0. The lowest BCUT2D eigenvalue weighted by Gasteiger charge is -2.13. The summed E-state index contributed by atoms with van der Waals surface area (Å²) < 4.78 is 0. The maximum atomic E-state index is 11.6. The van der Waals surface area contributed by atoms with Gasteiger partial charge in [-0.05, 0) is 38.0 Å². The zero-order valence-electron chi connectivity index (χ0n) is 11.1. The fraction of sp³-hybridized carbons (Fsp3) is 0.714. The lowest BCUT2D eigenvalue weighted by molar-refractivity contribution is -0.138. The summed E-state index contributed by atoms with van der Waals surface area (Å²) in [5, 5.41) is 11.5. The molecule has 1 unspecified atom stereocenters. The van der Waals surface area contributed by atoms with Gasteiger partial charge in [0.2, 0.25) is 5.91 Å². The van der Waals surface area contributed by atoms with Gasteiger partial charge in [-0.3, -0.25) is 9.59 Å². The Labute approximate surface area is 108 Å². The van der Waals surface area contributed by atoms with E-state index in [0.717, 1.165) is 12.8 Å². The van der Waals surface area contributed by atoms with Crippen molar-refractivity contribution in [2.24, 2.45) is 5.92 Å². The Balaban J connectivity index is 2.13. The summed E-state index contributed by atoms with van der Waals surface area (Å²) in [7, 11) is 0. The van der Waals surface area contributed by atoms with E-state index in [9.17, 15) is 9.59 Å². The van der Waals surface area contributed by atoms with Crippen LogP contribution in [-0.2, 0) is 9.59 Å². The molecule has 4 heteroatoms. The molecule has 4 nitrogen and oxygen atoms in total. The summed E-state index contributed by atoms with van der Waals surface area (Å²) in [4.78, 5) is 22.0. The van der Waals surface area contributed by atoms with Gasteiger partial charge < -0.3 is 10.4 Å². The highest BCUT2D eigenvalue weighted by atomic mass is 16.4. The predicted octanol–water partition coefficient (Wildman–Crippen LogP) is 2.49. The van der Waals surface area contributed by atoms with Gasteiger partial charge in [0.15, 0.2) is 0 Å². The van der Waals surface area contributed by atoms with Gasteiger partial charge in [-0.2, -0.15) is 0 Å². The number of aliphatic carboxylic acids is 1. The number of amides is 1. The summed E-state index contributed by atoms with van der Waals surface area (Å²) in [5.41, 5.74) is 1.44. The molecule has 2 N–H and O–H groups in total. The van der Waals surface area contributed by atoms with Crippen molar-refractivity contribution in [2.75, 3.05) is 6.54 Å². The second-order valence-corrected chi connectivity index (χ2v) is 5.12. The normalized spacial score (nSPS) is 16.8. The van der Waals surface area contributed by atoms with Gasteiger partial charge in [0.1, 0.15) is 0 Å². The average molecular weight is 253 g/mol. The van der Waals surface area contributed by atoms with E-state index >= 15 is 0 Å². The van der Waals surface area contributed by atoms with Crippen molar-refractivity contribution >= 4 is 11.9 Å². The first-order valence-corrected chi connectivity index (χ1v) is 6.74. The second kappa shape index (κ2) is 7.90. The zero-order valence-corrected chi connectivity index (χ0v) is 11.1. The van der Waals surface area contributed by atoms with Crippen LogP contribution < -0.4 is 5.32 Å². The lowest BCUT2D eigenvalue weighted by atomic mass is 9.97. The minimum Gasteiger partial charge on any atom is -0.481 e. The molecule has 102 valence electrons. The lowest BCUT2D eigenvalue weighted by Crippen LogP contribution is -2.26. The van der Waals surface area contributed by atoms with Crippen LogP contribution in [0.15, 0.2) is 11.6 Å². The maximum Gasteiger partial charge on any atom is 0.303 e. The predicted molar refractivity (Wildman–Crippen MR) is 70.2 cm³/mol. The third-order valence-electron chi connectivity index (χ3n) is 3.21. The van der Waals surface area contributed by atoms with E-state index in [1.165, 1.54) is 24.8 Å². The van der Waals surface area contributed by atoms with E-state index in [2.05, 4.69) is 11.4 Å². The Kier molecular flexibility index (Phi) is 6.47. The number of carbonyl (C=O) groups excluding carboxylic acids is 1. The standard InChI is InChI=1S/C14H23NO3/c1-11(10-14(17)18)9-13(16)15-8-7-12-5-3-2-4-6-12/h5,11H,2-4,6-10H2,1H3,(H,15,16)(H,17,18). The molecule has 18 heavy (non-hydrogen) atoms. The molecular weight excluding hydrogens is 230 g/mol. The molecule has 0 aromatic rings. The molecule has 0 fully saturated rings. The fourth-order valence-corrected chi connectivity index (χ4v) is 2.25. The SMILES string of the molecule is CC(CC(=O)O)CC(=O)NCCC1=CCCCC1. The molecular formula is C14H23NO3. The van der Waals surface area contributed by atoms with Crippen LogP contribution in [0.2, 0.25) is 0 Å². The fourth-order valence-electron chi connectivity index (χ4n) is 2.25. The zero-order chi connectivity index (χ0) is 13.4. The van der Waals surface area contributed by atoms with Gasteiger partial charge >= 0.3 is 5.97 Å². The van der Waals surface area contributed by atoms with Gasteiger partial charge in [0.25, 0.3) is 0 Å². The number of hydrogen-bond donors (Lipinski definition) is 2. The molecule has 0 radical (unpaired) electrons. The Morgan fingerprint density at radius 3 is 2.78 bits per heavy atom. The van der Waals surface area contributed by atoms with Crippen molar-refractivity contribution in [2.45, 2.75) is 51.9 Å². The first-order chi connectivity index (χ1) is 8.58. The van der Waals surface area contributed by atoms with Crippen LogP contribution in [0.25, 0.3) is 0 Å². The van der Waals surface area contributed by atoms with Gasteiger partial charge in [0.05, 0.1) is 0 Å². The van der Waals surface area contributed by atoms with Gasteiger partial charge in [-0.25, -0.2) is 0 Å². The van der Waals surface area contributed by atoms with Gasteiger partial charge in [-0.1, -0.05) is 18.6 Å². The van der Waals surface area contributed by atoms with E-state index in [4.69, 9.17) is 5.11 Å². The van der Waals surface area contributed by atoms with Gasteiger partial charge in [0, 0.05) is 19.4 Å². The molecule has 1 aliphatic rings. The van der Waals surface area contributed by atoms with Crippen molar-refractivity contribution in [1.82, 2.24) is 5.32 Å². The van der Waals surface area contributed by atoms with Crippen molar-refractivity contribution in [3.8, 4) is 0 Å². The highest BCUT2D eigenvalue weighted by Gasteiger charge is 2.12.